The first-order valence-electron chi connectivity index (χ1n) is 6.24. The van der Waals surface area contributed by atoms with E-state index in [1.54, 1.807) is 13.1 Å². The number of nitrogens with zero attached hydrogens (tertiary/aromatic N) is 4. The van der Waals surface area contributed by atoms with Crippen molar-refractivity contribution in [1.82, 2.24) is 15.0 Å². The van der Waals surface area contributed by atoms with Crippen molar-refractivity contribution in [2.24, 2.45) is 0 Å². The van der Waals surface area contributed by atoms with E-state index < -0.39 is 4.92 Å². The van der Waals surface area contributed by atoms with Gasteiger partial charge < -0.3 is 5.32 Å². The van der Waals surface area contributed by atoms with Gasteiger partial charge in [-0.25, -0.2) is 15.0 Å². The Kier molecular flexibility index (Phi) is 3.15. The molecule has 0 saturated carbocycles. The van der Waals surface area contributed by atoms with E-state index in [1.807, 2.05) is 30.3 Å². The average Bonchev–Trinajstić information content (AvgIpc) is 2.53. The molecule has 3 rings (SSSR count). The molecule has 0 spiro atoms. The Morgan fingerprint density at radius 1 is 1.14 bits per heavy atom. The van der Waals surface area contributed by atoms with Gasteiger partial charge in [0.05, 0.1) is 16.1 Å². The van der Waals surface area contributed by atoms with Crippen molar-refractivity contribution < 1.29 is 4.92 Å². The van der Waals surface area contributed by atoms with Gasteiger partial charge in [-0.1, -0.05) is 24.3 Å². The fraction of sp³-hybridized carbons (Fsp3) is 0.0714. The summed E-state index contributed by atoms with van der Waals surface area (Å²) in [5, 5.41) is 15.0. The summed E-state index contributed by atoms with van der Waals surface area (Å²) >= 11 is 0. The molecule has 0 fully saturated rings. The van der Waals surface area contributed by atoms with Crippen LogP contribution >= 0.6 is 0 Å². The molecule has 0 aliphatic carbocycles. The number of fused-ring (bicyclic) bond motifs is 1. The average molecular weight is 281 g/mol. The third-order valence-corrected chi connectivity index (χ3v) is 3.08. The molecule has 0 amide bonds. The zero-order chi connectivity index (χ0) is 14.8. The molecule has 7 heteroatoms. The first-order chi connectivity index (χ1) is 10.2. The monoisotopic (exact) mass is 281 g/mol. The predicted octanol–water partition coefficient (Wildman–Crippen LogP) is 2.64. The smallest absolute Gasteiger partial charge is 0.338 e. The molecule has 2 aromatic heterocycles. The van der Waals surface area contributed by atoms with E-state index in [9.17, 15) is 10.1 Å². The molecular formula is C14H11N5O2. The maximum Gasteiger partial charge on any atom is 0.338 e. The topological polar surface area (TPSA) is 93.8 Å². The lowest BCUT2D eigenvalue weighted by Gasteiger charge is -2.06. The van der Waals surface area contributed by atoms with Gasteiger partial charge in [0, 0.05) is 12.4 Å². The number of nitrogens with one attached hydrogen (secondary N) is 1. The third kappa shape index (κ3) is 2.25. The van der Waals surface area contributed by atoms with Crippen LogP contribution in [-0.4, -0.2) is 26.9 Å². The summed E-state index contributed by atoms with van der Waals surface area (Å²) in [7, 11) is 1.58. The number of para-hydroxylation sites is 1. The molecule has 1 aromatic carbocycles. The lowest BCUT2D eigenvalue weighted by molar-refractivity contribution is -0.383. The predicted molar refractivity (Wildman–Crippen MR) is 79.0 cm³/mol. The van der Waals surface area contributed by atoms with Gasteiger partial charge in [0.15, 0.2) is 5.69 Å². The van der Waals surface area contributed by atoms with Gasteiger partial charge in [0.2, 0.25) is 5.82 Å². The highest BCUT2D eigenvalue weighted by Gasteiger charge is 2.24. The van der Waals surface area contributed by atoms with Gasteiger partial charge >= 0.3 is 5.69 Å². The van der Waals surface area contributed by atoms with E-state index in [0.29, 0.717) is 5.69 Å². The van der Waals surface area contributed by atoms with Gasteiger partial charge in [-0.05, 0) is 12.1 Å². The summed E-state index contributed by atoms with van der Waals surface area (Å²) in [5.74, 6) is 0.167. The van der Waals surface area contributed by atoms with E-state index in [-0.39, 0.29) is 17.2 Å². The first kappa shape index (κ1) is 12.9. The Balaban J connectivity index is 2.24. The van der Waals surface area contributed by atoms with Crippen LogP contribution in [0.5, 0.6) is 0 Å². The number of nitro groups is 1. The van der Waals surface area contributed by atoms with Crippen molar-refractivity contribution in [3.63, 3.8) is 0 Å². The maximum atomic E-state index is 11.3. The fourth-order valence-electron chi connectivity index (χ4n) is 2.12. The molecule has 7 nitrogen and oxygen atoms in total. The number of benzene rings is 1. The second kappa shape index (κ2) is 5.12. The summed E-state index contributed by atoms with van der Waals surface area (Å²) in [6, 6.07) is 11.1. The van der Waals surface area contributed by atoms with Gasteiger partial charge in [-0.2, -0.15) is 0 Å². The maximum absolute atomic E-state index is 11.3. The number of rotatable bonds is 3. The van der Waals surface area contributed by atoms with Crippen LogP contribution in [0.1, 0.15) is 0 Å². The van der Waals surface area contributed by atoms with Crippen LogP contribution in [0.3, 0.4) is 0 Å². The van der Waals surface area contributed by atoms with Crippen molar-refractivity contribution >= 4 is 22.4 Å². The van der Waals surface area contributed by atoms with E-state index in [1.165, 1.54) is 6.33 Å². The number of anilines is 1. The van der Waals surface area contributed by atoms with Gasteiger partial charge in [0.1, 0.15) is 6.33 Å². The highest BCUT2D eigenvalue weighted by atomic mass is 16.6. The van der Waals surface area contributed by atoms with Crippen LogP contribution in [0.25, 0.3) is 22.3 Å². The normalized spacial score (nSPS) is 10.5. The van der Waals surface area contributed by atoms with Crippen molar-refractivity contribution in [3.05, 3.63) is 52.8 Å². The highest BCUT2D eigenvalue weighted by molar-refractivity contribution is 5.83. The molecule has 0 radical (unpaired) electrons. The number of pyridine rings is 1. The van der Waals surface area contributed by atoms with Crippen LogP contribution in [0.15, 0.2) is 42.7 Å². The lowest BCUT2D eigenvalue weighted by atomic mass is 10.1. The lowest BCUT2D eigenvalue weighted by Crippen LogP contribution is -2.03. The minimum atomic E-state index is -0.502. The molecule has 3 aromatic rings. The Hall–Kier alpha value is -3.09. The minimum absolute atomic E-state index is 0.167. The second-order valence-electron chi connectivity index (χ2n) is 4.32. The molecule has 0 saturated heterocycles. The second-order valence-corrected chi connectivity index (χ2v) is 4.32. The quantitative estimate of drug-likeness (QED) is 0.586. The van der Waals surface area contributed by atoms with Crippen molar-refractivity contribution in [3.8, 4) is 11.4 Å². The highest BCUT2D eigenvalue weighted by Crippen LogP contribution is 2.32. The third-order valence-electron chi connectivity index (χ3n) is 3.08. The zero-order valence-corrected chi connectivity index (χ0v) is 11.1. The summed E-state index contributed by atoms with van der Waals surface area (Å²) in [6.07, 6.45) is 1.28. The molecule has 21 heavy (non-hydrogen) atoms. The zero-order valence-electron chi connectivity index (χ0n) is 11.1. The summed E-state index contributed by atoms with van der Waals surface area (Å²) in [5.41, 5.74) is 1.22. The van der Waals surface area contributed by atoms with E-state index in [0.717, 1.165) is 10.9 Å². The van der Waals surface area contributed by atoms with Crippen molar-refractivity contribution in [2.45, 2.75) is 0 Å². The van der Waals surface area contributed by atoms with Gasteiger partial charge in [-0.3, -0.25) is 10.1 Å². The SMILES string of the molecule is CNc1ncnc(-c2ccc3ccccc3n2)c1[N+](=O)[O-]. The Morgan fingerprint density at radius 2 is 1.95 bits per heavy atom. The first-order valence-corrected chi connectivity index (χ1v) is 6.24. The van der Waals surface area contributed by atoms with E-state index in [4.69, 9.17) is 0 Å². The van der Waals surface area contributed by atoms with Crippen molar-refractivity contribution in [2.75, 3.05) is 12.4 Å². The Bertz CT molecular complexity index is 834. The number of aromatic nitrogens is 3. The van der Waals surface area contributed by atoms with Gasteiger partial charge in [0.25, 0.3) is 0 Å². The minimum Gasteiger partial charge on any atom is -0.367 e. The number of hydrogen-bond acceptors (Lipinski definition) is 6. The summed E-state index contributed by atoms with van der Waals surface area (Å²) in [4.78, 5) is 23.1. The summed E-state index contributed by atoms with van der Waals surface area (Å²) < 4.78 is 0. The number of hydrogen-bond donors (Lipinski definition) is 1. The summed E-state index contributed by atoms with van der Waals surface area (Å²) in [6.45, 7) is 0. The van der Waals surface area contributed by atoms with E-state index >= 15 is 0 Å². The molecule has 0 aliphatic rings. The standard InChI is InChI=1S/C14H11N5O2/c1-15-14-13(19(20)21)12(16-8-17-14)11-7-6-9-4-2-3-5-10(9)18-11/h2-8H,1H3,(H,15,16,17). The van der Waals surface area contributed by atoms with Crippen LogP contribution < -0.4 is 5.32 Å². The molecule has 1 N–H and O–H groups in total. The molecule has 0 aliphatic heterocycles. The van der Waals surface area contributed by atoms with Gasteiger partial charge in [-0.15, -0.1) is 0 Å². The molecule has 0 bridgehead atoms. The molecular weight excluding hydrogens is 270 g/mol. The Labute approximate surface area is 119 Å². The molecule has 0 atom stereocenters. The van der Waals surface area contributed by atoms with Crippen LogP contribution in [0.2, 0.25) is 0 Å². The Morgan fingerprint density at radius 3 is 2.71 bits per heavy atom. The largest absolute Gasteiger partial charge is 0.367 e. The van der Waals surface area contributed by atoms with Crippen LogP contribution in [0, 0.1) is 10.1 Å². The van der Waals surface area contributed by atoms with Crippen molar-refractivity contribution in [1.29, 1.82) is 0 Å². The molecule has 0 unspecified atom stereocenters. The fourth-order valence-corrected chi connectivity index (χ4v) is 2.12. The van der Waals surface area contributed by atoms with Crippen LogP contribution in [0.4, 0.5) is 11.5 Å². The van der Waals surface area contributed by atoms with E-state index in [2.05, 4.69) is 20.3 Å². The molecule has 104 valence electrons. The van der Waals surface area contributed by atoms with Crippen LogP contribution in [-0.2, 0) is 0 Å². The molecule has 2 heterocycles.